The van der Waals surface area contributed by atoms with E-state index in [4.69, 9.17) is 10.8 Å². The van der Waals surface area contributed by atoms with Crippen molar-refractivity contribution >= 4 is 0 Å². The molecule has 3 N–H and O–H groups in total. The number of nitrogens with two attached hydrogens (primary N) is 1. The van der Waals surface area contributed by atoms with E-state index in [0.29, 0.717) is 13.0 Å². The van der Waals surface area contributed by atoms with Crippen LogP contribution in [0.25, 0.3) is 0 Å². The van der Waals surface area contributed by atoms with E-state index in [1.807, 2.05) is 0 Å². The Morgan fingerprint density at radius 2 is 2.33 bits per heavy atom. The van der Waals surface area contributed by atoms with Gasteiger partial charge in [-0.3, -0.25) is 0 Å². The average molecular weight is 127 g/mol. The molecule has 0 spiro atoms. The van der Waals surface area contributed by atoms with E-state index in [1.165, 1.54) is 0 Å². The van der Waals surface area contributed by atoms with Crippen molar-refractivity contribution in [1.82, 2.24) is 0 Å². The molecule has 0 radical (unpaired) electrons. The molecular formula is C7H13NO. The highest BCUT2D eigenvalue weighted by molar-refractivity contribution is 4.94. The van der Waals surface area contributed by atoms with Crippen molar-refractivity contribution in [2.24, 2.45) is 5.73 Å². The van der Waals surface area contributed by atoms with Crippen LogP contribution >= 0.6 is 0 Å². The molecule has 0 aromatic rings. The summed E-state index contributed by atoms with van der Waals surface area (Å²) in [6, 6.07) is 0. The topological polar surface area (TPSA) is 46.2 Å². The third kappa shape index (κ3) is 5.35. The van der Waals surface area contributed by atoms with Gasteiger partial charge in [-0.1, -0.05) is 0 Å². The number of hydrogen-bond donors (Lipinski definition) is 2. The molecule has 0 aromatic heterocycles. The molecule has 2 heteroatoms. The van der Waals surface area contributed by atoms with Gasteiger partial charge in [0.2, 0.25) is 0 Å². The minimum Gasteiger partial charge on any atom is -0.392 e. The van der Waals surface area contributed by atoms with Crippen LogP contribution in [-0.2, 0) is 0 Å². The fraction of sp³-hybridized carbons (Fsp3) is 0.714. The Labute approximate surface area is 56.1 Å². The van der Waals surface area contributed by atoms with Gasteiger partial charge in [-0.05, 0) is 13.3 Å². The summed E-state index contributed by atoms with van der Waals surface area (Å²) in [6.45, 7) is 2.13. The Hall–Kier alpha value is -0.520. The zero-order chi connectivity index (χ0) is 7.11. The molecule has 0 saturated carbocycles. The highest BCUT2D eigenvalue weighted by atomic mass is 16.3. The second-order valence-corrected chi connectivity index (χ2v) is 1.85. The smallest absolute Gasteiger partial charge is 0.0671 e. The lowest BCUT2D eigenvalue weighted by molar-refractivity contribution is 0.174. The first-order valence-corrected chi connectivity index (χ1v) is 3.09. The standard InChI is InChI=1S/C7H13NO/c1-2-3-4-5-7(9)6-8/h7,9H,4-6,8H2,1H3. The van der Waals surface area contributed by atoms with Crippen LogP contribution in [0.2, 0.25) is 0 Å². The molecule has 9 heavy (non-hydrogen) atoms. The first kappa shape index (κ1) is 8.48. The predicted octanol–water partition coefficient (Wildman–Crippen LogP) is 0.110. The lowest BCUT2D eigenvalue weighted by Crippen LogP contribution is -2.18. The molecule has 52 valence electrons. The Bertz CT molecular complexity index is 112. The molecule has 0 bridgehead atoms. The van der Waals surface area contributed by atoms with Gasteiger partial charge < -0.3 is 10.8 Å². The predicted molar refractivity (Wildman–Crippen MR) is 37.7 cm³/mol. The van der Waals surface area contributed by atoms with Gasteiger partial charge in [-0.15, -0.1) is 11.8 Å². The van der Waals surface area contributed by atoms with Crippen molar-refractivity contribution in [3.8, 4) is 11.8 Å². The Balaban J connectivity index is 3.13. The lowest BCUT2D eigenvalue weighted by atomic mass is 10.2. The maximum Gasteiger partial charge on any atom is 0.0671 e. The van der Waals surface area contributed by atoms with Crippen molar-refractivity contribution in [1.29, 1.82) is 0 Å². The van der Waals surface area contributed by atoms with E-state index in [9.17, 15) is 0 Å². The van der Waals surface area contributed by atoms with E-state index >= 15 is 0 Å². The monoisotopic (exact) mass is 127 g/mol. The molecule has 0 fully saturated rings. The minimum absolute atomic E-state index is 0.339. The van der Waals surface area contributed by atoms with Gasteiger partial charge in [0.1, 0.15) is 0 Å². The molecule has 2 nitrogen and oxygen atoms in total. The summed E-state index contributed by atoms with van der Waals surface area (Å²) < 4.78 is 0. The largest absolute Gasteiger partial charge is 0.392 e. The first-order valence-electron chi connectivity index (χ1n) is 3.09. The minimum atomic E-state index is -0.370. The van der Waals surface area contributed by atoms with Crippen LogP contribution in [0.3, 0.4) is 0 Å². The molecule has 1 atom stereocenters. The number of aliphatic hydroxyl groups is 1. The third-order valence-corrected chi connectivity index (χ3v) is 1.05. The molecule has 0 heterocycles. The maximum atomic E-state index is 8.89. The third-order valence-electron chi connectivity index (χ3n) is 1.05. The van der Waals surface area contributed by atoms with Crippen molar-refractivity contribution in [2.75, 3.05) is 6.54 Å². The van der Waals surface area contributed by atoms with E-state index < -0.39 is 0 Å². The van der Waals surface area contributed by atoms with Crippen LogP contribution in [0.5, 0.6) is 0 Å². The molecular weight excluding hydrogens is 114 g/mol. The zero-order valence-corrected chi connectivity index (χ0v) is 5.72. The summed E-state index contributed by atoms with van der Waals surface area (Å²) >= 11 is 0. The molecule has 0 aliphatic heterocycles. The summed E-state index contributed by atoms with van der Waals surface area (Å²) in [4.78, 5) is 0. The lowest BCUT2D eigenvalue weighted by Gasteiger charge is -2.01. The number of aliphatic hydroxyl groups excluding tert-OH is 1. The van der Waals surface area contributed by atoms with Crippen LogP contribution in [0.15, 0.2) is 0 Å². The van der Waals surface area contributed by atoms with E-state index in [2.05, 4.69) is 11.8 Å². The van der Waals surface area contributed by atoms with Crippen LogP contribution in [0.4, 0.5) is 0 Å². The summed E-state index contributed by atoms with van der Waals surface area (Å²) in [5.41, 5.74) is 5.16. The normalized spacial score (nSPS) is 11.9. The molecule has 0 rings (SSSR count). The highest BCUT2D eigenvalue weighted by Crippen LogP contribution is 1.92. The second-order valence-electron chi connectivity index (χ2n) is 1.85. The van der Waals surface area contributed by atoms with E-state index in [0.717, 1.165) is 6.42 Å². The van der Waals surface area contributed by atoms with Gasteiger partial charge in [0, 0.05) is 13.0 Å². The van der Waals surface area contributed by atoms with E-state index in [-0.39, 0.29) is 6.10 Å². The van der Waals surface area contributed by atoms with Gasteiger partial charge in [-0.25, -0.2) is 0 Å². The molecule has 0 saturated heterocycles. The van der Waals surface area contributed by atoms with Crippen molar-refractivity contribution in [3.05, 3.63) is 0 Å². The summed E-state index contributed by atoms with van der Waals surface area (Å²) in [5, 5.41) is 8.89. The Morgan fingerprint density at radius 3 is 2.78 bits per heavy atom. The SMILES string of the molecule is CC#CCCC(O)CN. The van der Waals surface area contributed by atoms with Crippen molar-refractivity contribution < 1.29 is 5.11 Å². The van der Waals surface area contributed by atoms with Crippen LogP contribution in [0, 0.1) is 11.8 Å². The average Bonchev–Trinajstić information content (AvgIpc) is 1.89. The molecule has 0 aliphatic carbocycles. The van der Waals surface area contributed by atoms with Crippen LogP contribution < -0.4 is 5.73 Å². The molecule has 0 amide bonds. The number of hydrogen-bond acceptors (Lipinski definition) is 2. The van der Waals surface area contributed by atoms with Crippen molar-refractivity contribution in [2.45, 2.75) is 25.9 Å². The molecule has 1 unspecified atom stereocenters. The zero-order valence-electron chi connectivity index (χ0n) is 5.72. The van der Waals surface area contributed by atoms with Gasteiger partial charge >= 0.3 is 0 Å². The fourth-order valence-corrected chi connectivity index (χ4v) is 0.482. The Kier molecular flexibility index (Phi) is 5.29. The summed E-state index contributed by atoms with van der Waals surface area (Å²) in [6.07, 6.45) is 1.07. The maximum absolute atomic E-state index is 8.89. The van der Waals surface area contributed by atoms with Gasteiger partial charge in [0.05, 0.1) is 6.10 Å². The quantitative estimate of drug-likeness (QED) is 0.528. The fourth-order valence-electron chi connectivity index (χ4n) is 0.482. The summed E-state index contributed by atoms with van der Waals surface area (Å²) in [7, 11) is 0. The molecule has 0 aromatic carbocycles. The van der Waals surface area contributed by atoms with Gasteiger partial charge in [-0.2, -0.15) is 0 Å². The van der Waals surface area contributed by atoms with Gasteiger partial charge in [0.15, 0.2) is 0 Å². The van der Waals surface area contributed by atoms with E-state index in [1.54, 1.807) is 6.92 Å². The molecule has 0 aliphatic rings. The van der Waals surface area contributed by atoms with Crippen molar-refractivity contribution in [3.63, 3.8) is 0 Å². The highest BCUT2D eigenvalue weighted by Gasteiger charge is 1.96. The van der Waals surface area contributed by atoms with Gasteiger partial charge in [0.25, 0.3) is 0 Å². The van der Waals surface area contributed by atoms with Crippen LogP contribution in [-0.4, -0.2) is 17.8 Å². The number of rotatable bonds is 3. The Morgan fingerprint density at radius 1 is 1.67 bits per heavy atom. The van der Waals surface area contributed by atoms with Crippen LogP contribution in [0.1, 0.15) is 19.8 Å². The second kappa shape index (κ2) is 5.61. The summed E-state index contributed by atoms with van der Waals surface area (Å²) in [5.74, 6) is 5.59. The first-order chi connectivity index (χ1) is 4.31.